The minimum Gasteiger partial charge on any atom is -0.387 e. The minimum absolute atomic E-state index is 0.0550. The summed E-state index contributed by atoms with van der Waals surface area (Å²) >= 11 is 0. The first-order valence-electron chi connectivity index (χ1n) is 34.8. The number of aliphatic hydroxyl groups excluding tert-OH is 1. The molecule has 0 bridgehead atoms. The summed E-state index contributed by atoms with van der Waals surface area (Å²) in [4.78, 5) is 23.4. The molecule has 8 nitrogen and oxygen atoms in total. The molecule has 0 rings (SSSR count). The highest BCUT2D eigenvalue weighted by molar-refractivity contribution is 7.47. The molecule has 0 radical (unpaired) electrons. The third-order valence-corrected chi connectivity index (χ3v) is 16.2. The molecule has 0 aromatic rings. The molecule has 0 aliphatic rings. The van der Waals surface area contributed by atoms with E-state index in [-0.39, 0.29) is 19.1 Å². The van der Waals surface area contributed by atoms with E-state index >= 15 is 0 Å². The first-order valence-corrected chi connectivity index (χ1v) is 36.3. The second kappa shape index (κ2) is 63.7. The van der Waals surface area contributed by atoms with Gasteiger partial charge >= 0.3 is 7.82 Å². The van der Waals surface area contributed by atoms with Gasteiger partial charge in [-0.2, -0.15) is 0 Å². The molecule has 0 spiro atoms. The number of likely N-dealkylation sites (N-methyl/N-ethyl adjacent to an activating group) is 1. The number of amides is 1. The molecule has 9 heteroatoms. The van der Waals surface area contributed by atoms with Gasteiger partial charge in [-0.15, -0.1) is 0 Å². The number of unbranched alkanes of at least 4 members (excludes halogenated alkanes) is 34. The molecule has 0 saturated heterocycles. The number of carbonyl (C=O) groups is 1. The van der Waals surface area contributed by atoms with E-state index in [1.807, 2.05) is 27.2 Å². The fourth-order valence-corrected chi connectivity index (χ4v) is 10.6. The Labute approximate surface area is 514 Å². The van der Waals surface area contributed by atoms with Gasteiger partial charge in [0, 0.05) is 6.42 Å². The second-order valence-electron chi connectivity index (χ2n) is 24.5. The van der Waals surface area contributed by atoms with Gasteiger partial charge in [0.25, 0.3) is 0 Å². The standard InChI is InChI=1S/C74H133N2O6P/c1-6-8-10-12-14-16-18-20-22-24-26-28-30-32-34-36-37-38-39-40-42-44-46-48-50-52-54-56-58-60-62-64-66-68-74(78)75-72(71-82-83(79,80)81-70-69-76(3,4)5)73(77)67-65-63-61-59-57-55-53-51-49-47-45-43-41-35-33-31-29-27-25-23-21-19-17-15-13-11-9-7-2/h8,10,14,16,20,22,26,28,32,34,37-38,40,42,46,48,65,67,72-73,77H,6-7,9,11-13,15,17-19,21,23-25,27,29-31,33,35-36,39,41,43-45,47,49-64,66,68-71H2,1-5H3,(H-,75,78,79,80)/p+1/b10-8-,16-14-,22-20-,28-26-,34-32-,38-37-,42-40-,48-46-,67-65+. The van der Waals surface area contributed by atoms with Crippen LogP contribution in [0.4, 0.5) is 0 Å². The van der Waals surface area contributed by atoms with Crippen LogP contribution in [0.25, 0.3) is 0 Å². The number of aliphatic hydroxyl groups is 1. The number of carbonyl (C=O) groups excluding carboxylic acids is 1. The van der Waals surface area contributed by atoms with Gasteiger partial charge < -0.3 is 19.8 Å². The Balaban J connectivity index is 4.15. The third-order valence-electron chi connectivity index (χ3n) is 15.2. The monoisotopic (exact) mass is 1180 g/mol. The molecular weight excluding hydrogens is 1040 g/mol. The Kier molecular flexibility index (Phi) is 61.5. The minimum atomic E-state index is -4.36. The Morgan fingerprint density at radius 2 is 0.723 bits per heavy atom. The van der Waals surface area contributed by atoms with Crippen LogP contribution in [-0.4, -0.2) is 73.4 Å². The molecule has 0 aromatic carbocycles. The molecule has 3 N–H and O–H groups in total. The Hall–Kier alpha value is -2.84. The molecule has 3 atom stereocenters. The summed E-state index contributed by atoms with van der Waals surface area (Å²) in [7, 11) is 1.56. The van der Waals surface area contributed by atoms with Gasteiger partial charge in [0.15, 0.2) is 0 Å². The number of quaternary nitrogens is 1. The van der Waals surface area contributed by atoms with Crippen molar-refractivity contribution < 1.29 is 32.9 Å². The lowest BCUT2D eigenvalue weighted by molar-refractivity contribution is -0.870. The summed E-state index contributed by atoms with van der Waals surface area (Å²) in [5, 5.41) is 14.0. The molecule has 1 amide bonds. The molecule has 0 fully saturated rings. The fraction of sp³-hybridized carbons (Fsp3) is 0.743. The van der Waals surface area contributed by atoms with Crippen LogP contribution in [0.5, 0.6) is 0 Å². The Morgan fingerprint density at radius 1 is 0.422 bits per heavy atom. The summed E-state index contributed by atoms with van der Waals surface area (Å²) in [6, 6.07) is -0.861. The number of hydrogen-bond donors (Lipinski definition) is 3. The van der Waals surface area contributed by atoms with Crippen molar-refractivity contribution in [2.75, 3.05) is 40.9 Å². The molecular formula is C74H134N2O6P+. The van der Waals surface area contributed by atoms with Gasteiger partial charge in [0.2, 0.25) is 5.91 Å². The van der Waals surface area contributed by atoms with E-state index in [2.05, 4.69) is 116 Å². The maximum absolute atomic E-state index is 13.1. The predicted octanol–water partition coefficient (Wildman–Crippen LogP) is 22.3. The summed E-state index contributed by atoms with van der Waals surface area (Å²) in [6.07, 6.45) is 93.7. The first kappa shape index (κ1) is 80.2. The van der Waals surface area contributed by atoms with Crippen LogP contribution >= 0.6 is 7.82 Å². The number of rotatable bonds is 63. The Bertz CT molecular complexity index is 1720. The molecule has 0 aliphatic heterocycles. The Morgan fingerprint density at radius 3 is 1.06 bits per heavy atom. The van der Waals surface area contributed by atoms with Crippen molar-refractivity contribution in [2.45, 2.75) is 315 Å². The van der Waals surface area contributed by atoms with Gasteiger partial charge in [0.05, 0.1) is 39.9 Å². The van der Waals surface area contributed by atoms with E-state index in [9.17, 15) is 19.4 Å². The summed E-state index contributed by atoms with van der Waals surface area (Å²) < 4.78 is 23.8. The SMILES string of the molecule is CC/C=C\C/C=C\C/C=C\C/C=C\C/C=C\C/C=C\C/C=C\C/C=C\CCCCCCCCCCC(=O)NC(COP(=O)(O)OCC[N+](C)(C)C)C(O)/C=C/CCCCCCCCCCCCCCCCCCCCCCCCCCCC. The van der Waals surface area contributed by atoms with E-state index in [0.717, 1.165) is 96.3 Å². The maximum atomic E-state index is 13.1. The highest BCUT2D eigenvalue weighted by Gasteiger charge is 2.28. The van der Waals surface area contributed by atoms with Crippen molar-refractivity contribution in [3.63, 3.8) is 0 Å². The highest BCUT2D eigenvalue weighted by Crippen LogP contribution is 2.43. The first-order chi connectivity index (χ1) is 40.5. The van der Waals surface area contributed by atoms with Crippen molar-refractivity contribution >= 4 is 13.7 Å². The van der Waals surface area contributed by atoms with Gasteiger partial charge in [-0.1, -0.05) is 322 Å². The number of nitrogens with one attached hydrogen (secondary N) is 1. The van der Waals surface area contributed by atoms with Gasteiger partial charge in [-0.05, 0) is 83.5 Å². The van der Waals surface area contributed by atoms with E-state index in [4.69, 9.17) is 9.05 Å². The molecule has 0 aliphatic carbocycles. The molecule has 480 valence electrons. The quantitative estimate of drug-likeness (QED) is 0.0243. The van der Waals surface area contributed by atoms with Crippen molar-refractivity contribution in [1.82, 2.24) is 5.32 Å². The summed E-state index contributed by atoms with van der Waals surface area (Å²) in [5.74, 6) is -0.186. The van der Waals surface area contributed by atoms with Gasteiger partial charge in [0.1, 0.15) is 13.2 Å². The molecule has 3 unspecified atom stereocenters. The van der Waals surface area contributed by atoms with Crippen LogP contribution in [0.2, 0.25) is 0 Å². The topological polar surface area (TPSA) is 105 Å². The zero-order chi connectivity index (χ0) is 60.5. The summed E-state index contributed by atoms with van der Waals surface area (Å²) in [6.45, 7) is 4.72. The van der Waals surface area contributed by atoms with Crippen LogP contribution in [0.1, 0.15) is 303 Å². The fourth-order valence-electron chi connectivity index (χ4n) is 9.88. The van der Waals surface area contributed by atoms with Crippen LogP contribution in [0, 0.1) is 0 Å². The lowest BCUT2D eigenvalue weighted by atomic mass is 10.0. The van der Waals surface area contributed by atoms with Crippen molar-refractivity contribution in [3.8, 4) is 0 Å². The van der Waals surface area contributed by atoms with Crippen LogP contribution in [-0.2, 0) is 18.4 Å². The predicted molar refractivity (Wildman–Crippen MR) is 364 cm³/mol. The molecule has 83 heavy (non-hydrogen) atoms. The normalized spacial score (nSPS) is 14.3. The summed E-state index contributed by atoms with van der Waals surface area (Å²) in [5.41, 5.74) is 0. The van der Waals surface area contributed by atoms with E-state index in [1.165, 1.54) is 186 Å². The average Bonchev–Trinajstić information content (AvgIpc) is 3.49. The van der Waals surface area contributed by atoms with Crippen LogP contribution < -0.4 is 5.32 Å². The second-order valence-corrected chi connectivity index (χ2v) is 26.0. The van der Waals surface area contributed by atoms with E-state index in [1.54, 1.807) is 6.08 Å². The van der Waals surface area contributed by atoms with Crippen LogP contribution in [0.15, 0.2) is 109 Å². The maximum Gasteiger partial charge on any atom is 0.472 e. The largest absolute Gasteiger partial charge is 0.472 e. The number of nitrogens with zero attached hydrogens (tertiary/aromatic N) is 1. The molecule has 0 aromatic heterocycles. The van der Waals surface area contributed by atoms with Crippen molar-refractivity contribution in [1.29, 1.82) is 0 Å². The molecule has 0 heterocycles. The lowest BCUT2D eigenvalue weighted by Crippen LogP contribution is -2.45. The van der Waals surface area contributed by atoms with E-state index in [0.29, 0.717) is 17.4 Å². The number of phosphoric ester groups is 1. The highest BCUT2D eigenvalue weighted by atomic mass is 31.2. The van der Waals surface area contributed by atoms with Gasteiger partial charge in [-0.25, -0.2) is 4.57 Å². The number of phosphoric acid groups is 1. The average molecular weight is 1180 g/mol. The van der Waals surface area contributed by atoms with Crippen molar-refractivity contribution in [3.05, 3.63) is 109 Å². The van der Waals surface area contributed by atoms with Gasteiger partial charge in [-0.3, -0.25) is 13.8 Å². The van der Waals surface area contributed by atoms with E-state index < -0.39 is 20.0 Å². The zero-order valence-electron chi connectivity index (χ0n) is 54.9. The number of hydrogen-bond acceptors (Lipinski definition) is 5. The number of allylic oxidation sites excluding steroid dienone is 17. The smallest absolute Gasteiger partial charge is 0.387 e. The molecule has 0 saturated carbocycles. The third kappa shape index (κ3) is 66.5. The lowest BCUT2D eigenvalue weighted by Gasteiger charge is -2.25. The van der Waals surface area contributed by atoms with Crippen molar-refractivity contribution in [2.24, 2.45) is 0 Å². The zero-order valence-corrected chi connectivity index (χ0v) is 55.8. The van der Waals surface area contributed by atoms with Crippen LogP contribution in [0.3, 0.4) is 0 Å².